The van der Waals surface area contributed by atoms with Gasteiger partial charge in [0.25, 0.3) is 5.91 Å². The summed E-state index contributed by atoms with van der Waals surface area (Å²) in [6, 6.07) is 14.0. The Hall–Kier alpha value is -1.89. The van der Waals surface area contributed by atoms with E-state index in [0.717, 1.165) is 26.1 Å². The van der Waals surface area contributed by atoms with Crippen LogP contribution in [0.2, 0.25) is 0 Å². The van der Waals surface area contributed by atoms with Gasteiger partial charge >= 0.3 is 0 Å². The molecule has 0 spiro atoms. The van der Waals surface area contributed by atoms with Crippen LogP contribution in [0.25, 0.3) is 0 Å². The summed E-state index contributed by atoms with van der Waals surface area (Å²) in [6.07, 6.45) is 0. The van der Waals surface area contributed by atoms with Gasteiger partial charge < -0.3 is 5.32 Å². The molecule has 0 saturated heterocycles. The van der Waals surface area contributed by atoms with E-state index in [-0.39, 0.29) is 12.5 Å². The molecule has 0 aliphatic heterocycles. The molecule has 0 radical (unpaired) electrons. The lowest BCUT2D eigenvalue weighted by molar-refractivity contribution is -0.119. The maximum atomic E-state index is 11.9. The lowest BCUT2D eigenvalue weighted by atomic mass is 10.0. The van der Waals surface area contributed by atoms with E-state index in [1.165, 1.54) is 5.56 Å². The molecule has 2 aromatic carbocycles. The lowest BCUT2D eigenvalue weighted by Gasteiger charge is -2.08. The summed E-state index contributed by atoms with van der Waals surface area (Å²) in [7, 11) is 0. The molecule has 4 nitrogen and oxygen atoms in total. The first-order valence-corrected chi connectivity index (χ1v) is 8.44. The van der Waals surface area contributed by atoms with Gasteiger partial charge in [-0.3, -0.25) is 4.79 Å². The summed E-state index contributed by atoms with van der Waals surface area (Å²) in [5.74, 6) is -0.173. The fraction of sp³-hybridized carbons (Fsp3) is 0.222. The van der Waals surface area contributed by atoms with Crippen LogP contribution in [0.4, 0.5) is 5.69 Å². The lowest BCUT2D eigenvalue weighted by Crippen LogP contribution is -2.26. The zero-order valence-corrected chi connectivity index (χ0v) is 15.6. The number of hydrogen-bond donors (Lipinski definition) is 2. The first kappa shape index (κ1) is 17.5. The average Bonchev–Trinajstić information content (AvgIpc) is 2.52. The van der Waals surface area contributed by atoms with Crippen molar-refractivity contribution in [1.29, 1.82) is 0 Å². The average molecular weight is 421 g/mol. The SMILES string of the molecule is C/C(=N\NC(=O)CNc1ccc(I)cc1)c1ccc(C)cc1C. The number of amides is 1. The van der Waals surface area contributed by atoms with Crippen molar-refractivity contribution in [2.24, 2.45) is 5.10 Å². The number of nitrogens with zero attached hydrogens (tertiary/aromatic N) is 1. The van der Waals surface area contributed by atoms with E-state index in [1.807, 2.05) is 50.2 Å². The fourth-order valence-corrected chi connectivity index (χ4v) is 2.58. The molecule has 0 bridgehead atoms. The Morgan fingerprint density at radius 2 is 1.83 bits per heavy atom. The van der Waals surface area contributed by atoms with Gasteiger partial charge in [0, 0.05) is 14.8 Å². The zero-order valence-electron chi connectivity index (χ0n) is 13.5. The van der Waals surface area contributed by atoms with E-state index in [0.29, 0.717) is 0 Å². The van der Waals surface area contributed by atoms with Gasteiger partial charge in [0.1, 0.15) is 0 Å². The fourth-order valence-electron chi connectivity index (χ4n) is 2.22. The van der Waals surface area contributed by atoms with Crippen molar-refractivity contribution >= 4 is 39.9 Å². The number of halogens is 1. The van der Waals surface area contributed by atoms with Gasteiger partial charge in [-0.1, -0.05) is 23.8 Å². The van der Waals surface area contributed by atoms with E-state index in [9.17, 15) is 4.79 Å². The summed E-state index contributed by atoms with van der Waals surface area (Å²) < 4.78 is 1.16. The number of aryl methyl sites for hydroxylation is 2. The smallest absolute Gasteiger partial charge is 0.259 e. The summed E-state index contributed by atoms with van der Waals surface area (Å²) >= 11 is 2.24. The van der Waals surface area contributed by atoms with E-state index in [1.54, 1.807) is 0 Å². The van der Waals surface area contributed by atoms with Crippen LogP contribution in [0.15, 0.2) is 47.6 Å². The molecule has 0 fully saturated rings. The normalized spacial score (nSPS) is 11.2. The minimum Gasteiger partial charge on any atom is -0.376 e. The van der Waals surface area contributed by atoms with Gasteiger partial charge in [-0.25, -0.2) is 5.43 Å². The Morgan fingerprint density at radius 3 is 2.48 bits per heavy atom. The van der Waals surface area contributed by atoms with Crippen molar-refractivity contribution in [2.75, 3.05) is 11.9 Å². The minimum absolute atomic E-state index is 0.173. The number of rotatable bonds is 5. The Morgan fingerprint density at radius 1 is 1.13 bits per heavy atom. The third-order valence-electron chi connectivity index (χ3n) is 3.42. The van der Waals surface area contributed by atoms with Crippen LogP contribution in [0, 0.1) is 17.4 Å². The number of benzene rings is 2. The maximum Gasteiger partial charge on any atom is 0.259 e. The second-order valence-electron chi connectivity index (χ2n) is 5.41. The highest BCUT2D eigenvalue weighted by molar-refractivity contribution is 14.1. The summed E-state index contributed by atoms with van der Waals surface area (Å²) in [4.78, 5) is 11.9. The third kappa shape index (κ3) is 5.35. The van der Waals surface area contributed by atoms with Crippen molar-refractivity contribution in [3.63, 3.8) is 0 Å². The van der Waals surface area contributed by atoms with Crippen molar-refractivity contribution in [1.82, 2.24) is 5.43 Å². The Bertz CT molecular complexity index is 724. The molecule has 5 heteroatoms. The number of carbonyl (C=O) groups is 1. The second-order valence-corrected chi connectivity index (χ2v) is 6.66. The highest BCUT2D eigenvalue weighted by atomic mass is 127. The molecule has 2 rings (SSSR count). The highest BCUT2D eigenvalue weighted by Gasteiger charge is 2.04. The number of nitrogens with one attached hydrogen (secondary N) is 2. The second kappa shape index (κ2) is 8.10. The minimum atomic E-state index is -0.173. The zero-order chi connectivity index (χ0) is 16.8. The van der Waals surface area contributed by atoms with Gasteiger partial charge in [0.15, 0.2) is 0 Å². The molecule has 1 amide bonds. The van der Waals surface area contributed by atoms with Crippen molar-refractivity contribution in [2.45, 2.75) is 20.8 Å². The summed E-state index contributed by atoms with van der Waals surface area (Å²) in [5, 5.41) is 7.26. The van der Waals surface area contributed by atoms with Crippen molar-refractivity contribution in [3.8, 4) is 0 Å². The number of hydrogen-bond acceptors (Lipinski definition) is 3. The number of carbonyl (C=O) groups excluding carboxylic acids is 1. The third-order valence-corrected chi connectivity index (χ3v) is 4.14. The molecule has 2 N–H and O–H groups in total. The molecule has 0 heterocycles. The van der Waals surface area contributed by atoms with E-state index < -0.39 is 0 Å². The van der Waals surface area contributed by atoms with E-state index in [2.05, 4.69) is 51.4 Å². The standard InChI is InChI=1S/C18H20IN3O/c1-12-4-9-17(13(2)10-12)14(3)21-22-18(23)11-20-16-7-5-15(19)6-8-16/h4-10,20H,11H2,1-3H3,(H,22,23)/b21-14+. The van der Waals surface area contributed by atoms with Crippen molar-refractivity contribution in [3.05, 3.63) is 62.7 Å². The Balaban J connectivity index is 1.90. The van der Waals surface area contributed by atoms with Crippen LogP contribution < -0.4 is 10.7 Å². The molecule has 0 saturated carbocycles. The first-order valence-electron chi connectivity index (χ1n) is 7.36. The molecule has 0 unspecified atom stereocenters. The largest absolute Gasteiger partial charge is 0.376 e. The molecule has 2 aromatic rings. The molecule has 23 heavy (non-hydrogen) atoms. The van der Waals surface area contributed by atoms with E-state index in [4.69, 9.17) is 0 Å². The molecule has 120 valence electrons. The van der Waals surface area contributed by atoms with Gasteiger partial charge in [-0.15, -0.1) is 0 Å². The van der Waals surface area contributed by atoms with Gasteiger partial charge in [0.2, 0.25) is 0 Å². The maximum absolute atomic E-state index is 11.9. The first-order chi connectivity index (χ1) is 11.0. The van der Waals surface area contributed by atoms with Crippen LogP contribution in [0.3, 0.4) is 0 Å². The predicted molar refractivity (Wildman–Crippen MR) is 104 cm³/mol. The quantitative estimate of drug-likeness (QED) is 0.438. The summed E-state index contributed by atoms with van der Waals surface area (Å²) in [6.45, 7) is 6.18. The topological polar surface area (TPSA) is 53.5 Å². The van der Waals surface area contributed by atoms with Crippen LogP contribution in [-0.4, -0.2) is 18.2 Å². The van der Waals surface area contributed by atoms with Gasteiger partial charge in [0.05, 0.1) is 12.3 Å². The van der Waals surface area contributed by atoms with Gasteiger partial charge in [-0.2, -0.15) is 5.10 Å². The van der Waals surface area contributed by atoms with Crippen LogP contribution in [0.1, 0.15) is 23.6 Å². The van der Waals surface area contributed by atoms with Crippen molar-refractivity contribution < 1.29 is 4.79 Å². The molecule has 0 atom stereocenters. The molecular weight excluding hydrogens is 401 g/mol. The molecule has 0 aliphatic rings. The molecule has 0 aliphatic carbocycles. The monoisotopic (exact) mass is 421 g/mol. The number of anilines is 1. The predicted octanol–water partition coefficient (Wildman–Crippen LogP) is 3.86. The Kier molecular flexibility index (Phi) is 6.15. The van der Waals surface area contributed by atoms with Crippen LogP contribution in [-0.2, 0) is 4.79 Å². The summed E-state index contributed by atoms with van der Waals surface area (Å²) in [5.41, 5.74) is 7.70. The van der Waals surface area contributed by atoms with E-state index >= 15 is 0 Å². The van der Waals surface area contributed by atoms with Crippen LogP contribution >= 0.6 is 22.6 Å². The van der Waals surface area contributed by atoms with Crippen LogP contribution in [0.5, 0.6) is 0 Å². The Labute approximate surface area is 150 Å². The molecular formula is C18H20IN3O. The molecule has 0 aromatic heterocycles. The van der Waals surface area contributed by atoms with Gasteiger partial charge in [-0.05, 0) is 73.2 Å². The number of hydrazone groups is 1. The highest BCUT2D eigenvalue weighted by Crippen LogP contribution is 2.12.